The van der Waals surface area contributed by atoms with Gasteiger partial charge in [-0.3, -0.25) is 0 Å². The molecule has 0 aliphatic carbocycles. The molecule has 0 radical (unpaired) electrons. The Bertz CT molecular complexity index is 1140. The molecule has 0 atom stereocenters. The van der Waals surface area contributed by atoms with Crippen LogP contribution in [0.4, 0.5) is 0 Å². The summed E-state index contributed by atoms with van der Waals surface area (Å²) in [5, 5.41) is 2.59. The first-order chi connectivity index (χ1) is 13.4. The van der Waals surface area contributed by atoms with Crippen molar-refractivity contribution in [3.05, 3.63) is 74.7 Å². The maximum atomic E-state index is 3.68. The van der Waals surface area contributed by atoms with Gasteiger partial charge in [-0.15, -0.1) is 0 Å². The standard InChI is InChI=1S/C26H27Br2N/c1-25(2,3)16-7-9-21-22-10-8-17(26(4,5)6)12-24(22)29(23(21)11-16)20-14-18(27)13-19(28)15-20/h7-15H,1-6H3. The fourth-order valence-electron chi connectivity index (χ4n) is 3.90. The van der Waals surface area contributed by atoms with Crippen LogP contribution in [0.25, 0.3) is 27.5 Å². The Labute approximate surface area is 190 Å². The van der Waals surface area contributed by atoms with Crippen LogP contribution in [-0.2, 0) is 10.8 Å². The van der Waals surface area contributed by atoms with Gasteiger partial charge in [0.2, 0.25) is 0 Å². The second-order valence-corrected chi connectivity index (χ2v) is 11.8. The summed E-state index contributed by atoms with van der Waals surface area (Å²) in [6.07, 6.45) is 0. The number of rotatable bonds is 1. The van der Waals surface area contributed by atoms with E-state index in [0.717, 1.165) is 14.6 Å². The molecular formula is C26H27Br2N. The van der Waals surface area contributed by atoms with Crippen LogP contribution >= 0.6 is 31.9 Å². The lowest BCUT2D eigenvalue weighted by Crippen LogP contribution is -2.11. The normalized spacial score (nSPS) is 12.8. The van der Waals surface area contributed by atoms with E-state index in [1.165, 1.54) is 32.9 Å². The minimum absolute atomic E-state index is 0.101. The quantitative estimate of drug-likeness (QED) is 0.240. The Kier molecular flexibility index (Phi) is 4.99. The summed E-state index contributed by atoms with van der Waals surface area (Å²) in [7, 11) is 0. The maximum Gasteiger partial charge on any atom is 0.0544 e. The molecule has 1 heterocycles. The van der Waals surface area contributed by atoms with Gasteiger partial charge < -0.3 is 4.57 Å². The van der Waals surface area contributed by atoms with Gasteiger partial charge in [-0.05, 0) is 52.3 Å². The lowest BCUT2D eigenvalue weighted by atomic mass is 9.86. The van der Waals surface area contributed by atoms with E-state index in [0.29, 0.717) is 0 Å². The first kappa shape index (κ1) is 20.7. The zero-order valence-electron chi connectivity index (χ0n) is 17.9. The van der Waals surface area contributed by atoms with E-state index in [-0.39, 0.29) is 10.8 Å². The van der Waals surface area contributed by atoms with Crippen LogP contribution in [0, 0.1) is 0 Å². The van der Waals surface area contributed by atoms with E-state index in [1.807, 2.05) is 0 Å². The number of benzene rings is 3. The van der Waals surface area contributed by atoms with Crippen molar-refractivity contribution in [1.29, 1.82) is 0 Å². The minimum Gasteiger partial charge on any atom is -0.309 e. The molecule has 0 fully saturated rings. The summed E-state index contributed by atoms with van der Waals surface area (Å²) in [5.41, 5.74) is 6.56. The second kappa shape index (κ2) is 6.99. The molecule has 0 N–H and O–H groups in total. The summed E-state index contributed by atoms with van der Waals surface area (Å²) in [4.78, 5) is 0. The third kappa shape index (κ3) is 3.80. The van der Waals surface area contributed by atoms with Gasteiger partial charge in [0, 0.05) is 25.4 Å². The van der Waals surface area contributed by atoms with E-state index < -0.39 is 0 Å². The molecule has 0 aliphatic rings. The predicted octanol–water partition coefficient (Wildman–Crippen LogP) is 8.90. The maximum absolute atomic E-state index is 3.68. The Morgan fingerprint density at radius 1 is 0.586 bits per heavy atom. The van der Waals surface area contributed by atoms with Crippen LogP contribution in [0.1, 0.15) is 52.7 Å². The SMILES string of the molecule is CC(C)(C)c1ccc2c3ccc(C(C)(C)C)cc3n(-c3cc(Br)cc(Br)c3)c2c1. The van der Waals surface area contributed by atoms with Crippen LogP contribution in [0.15, 0.2) is 63.5 Å². The van der Waals surface area contributed by atoms with E-state index in [9.17, 15) is 0 Å². The van der Waals surface area contributed by atoms with Crippen molar-refractivity contribution in [3.8, 4) is 5.69 Å². The summed E-state index contributed by atoms with van der Waals surface area (Å²) in [6, 6.07) is 20.3. The van der Waals surface area contributed by atoms with Crippen molar-refractivity contribution < 1.29 is 0 Å². The summed E-state index contributed by atoms with van der Waals surface area (Å²) in [6.45, 7) is 13.6. The highest BCUT2D eigenvalue weighted by Gasteiger charge is 2.20. The summed E-state index contributed by atoms with van der Waals surface area (Å²) < 4.78 is 4.54. The van der Waals surface area contributed by atoms with Gasteiger partial charge in [0.25, 0.3) is 0 Å². The molecule has 4 rings (SSSR count). The molecular weight excluding hydrogens is 486 g/mol. The zero-order valence-corrected chi connectivity index (χ0v) is 21.1. The Morgan fingerprint density at radius 2 is 1.00 bits per heavy atom. The molecule has 150 valence electrons. The van der Waals surface area contributed by atoms with Crippen LogP contribution in [0.5, 0.6) is 0 Å². The molecule has 4 aromatic rings. The molecule has 0 spiro atoms. The van der Waals surface area contributed by atoms with E-state index in [2.05, 4.69) is 133 Å². The Hall–Kier alpha value is -1.58. The molecule has 0 saturated carbocycles. The molecule has 0 saturated heterocycles. The number of hydrogen-bond donors (Lipinski definition) is 0. The average molecular weight is 513 g/mol. The van der Waals surface area contributed by atoms with Crippen molar-refractivity contribution in [2.45, 2.75) is 52.4 Å². The van der Waals surface area contributed by atoms with Gasteiger partial charge in [0.05, 0.1) is 11.0 Å². The van der Waals surface area contributed by atoms with E-state index >= 15 is 0 Å². The monoisotopic (exact) mass is 511 g/mol. The molecule has 3 aromatic carbocycles. The van der Waals surface area contributed by atoms with Crippen molar-refractivity contribution in [2.24, 2.45) is 0 Å². The van der Waals surface area contributed by atoms with Gasteiger partial charge in [0.15, 0.2) is 0 Å². The van der Waals surface area contributed by atoms with Gasteiger partial charge >= 0.3 is 0 Å². The molecule has 0 aliphatic heterocycles. The van der Waals surface area contributed by atoms with Crippen LogP contribution < -0.4 is 0 Å². The second-order valence-electron chi connectivity index (χ2n) is 9.93. The highest BCUT2D eigenvalue weighted by Crippen LogP contribution is 2.38. The molecule has 0 amide bonds. The lowest BCUT2D eigenvalue weighted by Gasteiger charge is -2.20. The van der Waals surface area contributed by atoms with Gasteiger partial charge in [-0.25, -0.2) is 0 Å². The number of nitrogens with zero attached hydrogens (tertiary/aromatic N) is 1. The van der Waals surface area contributed by atoms with E-state index in [4.69, 9.17) is 0 Å². The smallest absolute Gasteiger partial charge is 0.0544 e. The third-order valence-corrected chi connectivity index (χ3v) is 6.52. The minimum atomic E-state index is 0.101. The van der Waals surface area contributed by atoms with Crippen molar-refractivity contribution in [2.75, 3.05) is 0 Å². The summed E-state index contributed by atoms with van der Waals surface area (Å²) >= 11 is 7.35. The van der Waals surface area contributed by atoms with Crippen molar-refractivity contribution >= 4 is 53.7 Å². The highest BCUT2D eigenvalue weighted by atomic mass is 79.9. The van der Waals surface area contributed by atoms with Gasteiger partial charge in [-0.1, -0.05) is 97.7 Å². The fourth-order valence-corrected chi connectivity index (χ4v) is 5.17. The van der Waals surface area contributed by atoms with Crippen molar-refractivity contribution in [1.82, 2.24) is 4.57 Å². The van der Waals surface area contributed by atoms with Gasteiger partial charge in [-0.2, -0.15) is 0 Å². The molecule has 3 heteroatoms. The molecule has 0 bridgehead atoms. The Morgan fingerprint density at radius 3 is 1.38 bits per heavy atom. The van der Waals surface area contributed by atoms with Crippen LogP contribution in [0.3, 0.4) is 0 Å². The Balaban J connectivity index is 2.16. The van der Waals surface area contributed by atoms with Crippen LogP contribution in [0.2, 0.25) is 0 Å². The number of hydrogen-bond acceptors (Lipinski definition) is 0. The largest absolute Gasteiger partial charge is 0.309 e. The van der Waals surface area contributed by atoms with Crippen LogP contribution in [-0.4, -0.2) is 4.57 Å². The highest BCUT2D eigenvalue weighted by molar-refractivity contribution is 9.11. The summed E-state index contributed by atoms with van der Waals surface area (Å²) in [5.74, 6) is 0. The zero-order chi connectivity index (χ0) is 21.1. The number of aromatic nitrogens is 1. The first-order valence-corrected chi connectivity index (χ1v) is 11.6. The molecule has 1 aromatic heterocycles. The number of fused-ring (bicyclic) bond motifs is 3. The van der Waals surface area contributed by atoms with Gasteiger partial charge in [0.1, 0.15) is 0 Å². The molecule has 0 unspecified atom stereocenters. The fraction of sp³-hybridized carbons (Fsp3) is 0.308. The topological polar surface area (TPSA) is 4.93 Å². The predicted molar refractivity (Wildman–Crippen MR) is 134 cm³/mol. The van der Waals surface area contributed by atoms with E-state index in [1.54, 1.807) is 0 Å². The van der Waals surface area contributed by atoms with Crippen molar-refractivity contribution in [3.63, 3.8) is 0 Å². The number of halogens is 2. The third-order valence-electron chi connectivity index (χ3n) is 5.61. The molecule has 29 heavy (non-hydrogen) atoms. The molecule has 1 nitrogen and oxygen atoms in total. The average Bonchev–Trinajstić information content (AvgIpc) is 2.92. The lowest BCUT2D eigenvalue weighted by molar-refractivity contribution is 0.591. The first-order valence-electron chi connectivity index (χ1n) is 10.0.